The third-order valence-corrected chi connectivity index (χ3v) is 3.43. The summed E-state index contributed by atoms with van der Waals surface area (Å²) in [5, 5.41) is 12.8. The fourth-order valence-corrected chi connectivity index (χ4v) is 1.93. The Hall–Kier alpha value is -2.12. The van der Waals surface area contributed by atoms with E-state index in [0.717, 1.165) is 5.56 Å². The molecule has 0 unspecified atom stereocenters. The number of hydrogen-bond donors (Lipinski definition) is 1. The number of hydrogen-bond acceptors (Lipinski definition) is 4. The Kier molecular flexibility index (Phi) is 4.15. The van der Waals surface area contributed by atoms with Crippen LogP contribution in [0.15, 0.2) is 24.3 Å². The fraction of sp³-hybridized carbons (Fsp3) is 0.312. The molecule has 0 aliphatic rings. The Balaban J connectivity index is 2.50. The Labute approximate surface area is 129 Å². The van der Waals surface area contributed by atoms with Gasteiger partial charge >= 0.3 is 0 Å². The van der Waals surface area contributed by atoms with Gasteiger partial charge in [0.05, 0.1) is 11.3 Å². The van der Waals surface area contributed by atoms with Crippen LogP contribution in [0.3, 0.4) is 0 Å². The molecule has 1 N–H and O–H groups in total. The molecule has 108 valence electrons. The maximum atomic E-state index is 9.16. The zero-order valence-corrected chi connectivity index (χ0v) is 13.3. The highest BCUT2D eigenvalue weighted by molar-refractivity contribution is 6.30. The van der Waals surface area contributed by atoms with Crippen molar-refractivity contribution in [1.29, 1.82) is 5.26 Å². The summed E-state index contributed by atoms with van der Waals surface area (Å²) in [6, 6.07) is 9.44. The van der Waals surface area contributed by atoms with Gasteiger partial charge in [-0.1, -0.05) is 44.5 Å². The van der Waals surface area contributed by atoms with E-state index < -0.39 is 0 Å². The zero-order chi connectivity index (χ0) is 15.6. The summed E-state index contributed by atoms with van der Waals surface area (Å²) in [7, 11) is 0. The lowest BCUT2D eigenvalue weighted by atomic mass is 9.95. The summed E-state index contributed by atoms with van der Waals surface area (Å²) < 4.78 is 0. The largest absolute Gasteiger partial charge is 0.339 e. The molecule has 0 spiro atoms. The van der Waals surface area contributed by atoms with Crippen LogP contribution >= 0.6 is 11.6 Å². The molecule has 1 aromatic carbocycles. The summed E-state index contributed by atoms with van der Waals surface area (Å²) in [6.45, 7) is 7.94. The second-order valence-corrected chi connectivity index (χ2v) is 6.20. The van der Waals surface area contributed by atoms with E-state index in [1.165, 1.54) is 0 Å². The van der Waals surface area contributed by atoms with Gasteiger partial charge in [-0.2, -0.15) is 5.26 Å². The first-order chi connectivity index (χ1) is 9.82. The Morgan fingerprint density at radius 3 is 2.48 bits per heavy atom. The first kappa shape index (κ1) is 15.3. The number of halogens is 1. The van der Waals surface area contributed by atoms with Crippen LogP contribution in [0.25, 0.3) is 0 Å². The molecule has 1 aromatic heterocycles. The van der Waals surface area contributed by atoms with Gasteiger partial charge in [-0.25, -0.2) is 9.97 Å². The van der Waals surface area contributed by atoms with Gasteiger partial charge in [0.2, 0.25) is 0 Å². The molecule has 1 heterocycles. The lowest BCUT2D eigenvalue weighted by Crippen LogP contribution is -2.17. The first-order valence-corrected chi connectivity index (χ1v) is 7.01. The molecule has 0 bridgehead atoms. The number of para-hydroxylation sites is 1. The van der Waals surface area contributed by atoms with E-state index in [0.29, 0.717) is 28.0 Å². The minimum absolute atomic E-state index is 0.206. The monoisotopic (exact) mass is 300 g/mol. The van der Waals surface area contributed by atoms with Crippen molar-refractivity contribution in [2.75, 3.05) is 5.32 Å². The molecule has 0 fully saturated rings. The van der Waals surface area contributed by atoms with Crippen LogP contribution in [-0.2, 0) is 5.41 Å². The zero-order valence-electron chi connectivity index (χ0n) is 12.5. The lowest BCUT2D eigenvalue weighted by molar-refractivity contribution is 0.545. The molecule has 0 saturated heterocycles. The molecule has 0 aliphatic heterocycles. The van der Waals surface area contributed by atoms with Crippen molar-refractivity contribution in [2.45, 2.75) is 33.1 Å². The Morgan fingerprint density at radius 1 is 1.19 bits per heavy atom. The quantitative estimate of drug-likeness (QED) is 0.837. The van der Waals surface area contributed by atoms with Crippen LogP contribution < -0.4 is 5.32 Å². The summed E-state index contributed by atoms with van der Waals surface area (Å²) >= 11 is 6.21. The lowest BCUT2D eigenvalue weighted by Gasteiger charge is -2.19. The first-order valence-electron chi connectivity index (χ1n) is 6.63. The molecule has 4 nitrogen and oxygen atoms in total. The average Bonchev–Trinajstić information content (AvgIpc) is 2.43. The van der Waals surface area contributed by atoms with Gasteiger partial charge in [0.25, 0.3) is 0 Å². The normalized spacial score (nSPS) is 11.0. The fourth-order valence-electron chi connectivity index (χ4n) is 1.76. The number of aromatic nitrogens is 2. The molecule has 2 aromatic rings. The molecule has 0 amide bonds. The summed E-state index contributed by atoms with van der Waals surface area (Å²) in [6.07, 6.45) is 0. The van der Waals surface area contributed by atoms with Crippen LogP contribution in [0, 0.1) is 18.3 Å². The van der Waals surface area contributed by atoms with Crippen LogP contribution in [-0.4, -0.2) is 9.97 Å². The number of anilines is 2. The van der Waals surface area contributed by atoms with Gasteiger partial charge in [-0.05, 0) is 19.1 Å². The van der Waals surface area contributed by atoms with Crippen molar-refractivity contribution in [2.24, 2.45) is 0 Å². The Morgan fingerprint density at radius 2 is 1.86 bits per heavy atom. The smallest absolute Gasteiger partial charge is 0.138 e. The number of nitrogens with one attached hydrogen (secondary N) is 1. The molecule has 2 rings (SSSR count). The summed E-state index contributed by atoms with van der Waals surface area (Å²) in [5.41, 5.74) is 1.82. The predicted octanol–water partition coefficient (Wildman–Crippen LogP) is 4.35. The van der Waals surface area contributed by atoms with Gasteiger partial charge in [0.15, 0.2) is 0 Å². The molecule has 0 radical (unpaired) electrons. The van der Waals surface area contributed by atoms with Gasteiger partial charge < -0.3 is 5.32 Å². The van der Waals surface area contributed by atoms with Crippen LogP contribution in [0.4, 0.5) is 11.5 Å². The average molecular weight is 301 g/mol. The molecule has 0 saturated carbocycles. The second kappa shape index (κ2) is 5.71. The van der Waals surface area contributed by atoms with Gasteiger partial charge in [0, 0.05) is 11.0 Å². The van der Waals surface area contributed by atoms with Crippen molar-refractivity contribution in [3.05, 3.63) is 46.4 Å². The van der Waals surface area contributed by atoms with Crippen LogP contribution in [0.1, 0.15) is 37.7 Å². The number of rotatable bonds is 2. The SMILES string of the molecule is Cc1c(Cl)nc(C(C)(C)C)nc1Nc1ccccc1C#N. The van der Waals surface area contributed by atoms with Crippen LogP contribution in [0.2, 0.25) is 5.15 Å². The molecule has 21 heavy (non-hydrogen) atoms. The van der Waals surface area contributed by atoms with Crippen molar-refractivity contribution in [3.8, 4) is 6.07 Å². The standard InChI is InChI=1S/C16H17ClN4/c1-10-13(17)20-15(16(2,3)4)21-14(10)19-12-8-6-5-7-11(12)9-18/h5-8H,1-4H3,(H,19,20,21). The van der Waals surface area contributed by atoms with E-state index >= 15 is 0 Å². The molecular formula is C16H17ClN4. The van der Waals surface area contributed by atoms with Crippen molar-refractivity contribution in [3.63, 3.8) is 0 Å². The number of benzene rings is 1. The van der Waals surface area contributed by atoms with E-state index in [4.69, 9.17) is 16.9 Å². The minimum atomic E-state index is -0.206. The van der Waals surface area contributed by atoms with E-state index in [9.17, 15) is 0 Å². The van der Waals surface area contributed by atoms with E-state index in [2.05, 4.69) is 21.4 Å². The highest BCUT2D eigenvalue weighted by atomic mass is 35.5. The molecule has 0 aliphatic carbocycles. The van der Waals surface area contributed by atoms with E-state index in [1.54, 1.807) is 6.07 Å². The maximum Gasteiger partial charge on any atom is 0.138 e. The highest BCUT2D eigenvalue weighted by Crippen LogP contribution is 2.28. The number of nitriles is 1. The van der Waals surface area contributed by atoms with Gasteiger partial charge in [-0.3, -0.25) is 0 Å². The van der Waals surface area contributed by atoms with Crippen molar-refractivity contribution >= 4 is 23.1 Å². The maximum absolute atomic E-state index is 9.16. The molecular weight excluding hydrogens is 284 g/mol. The summed E-state index contributed by atoms with van der Waals surface area (Å²) in [4.78, 5) is 8.90. The molecule has 5 heteroatoms. The highest BCUT2D eigenvalue weighted by Gasteiger charge is 2.21. The molecule has 0 atom stereocenters. The minimum Gasteiger partial charge on any atom is -0.339 e. The van der Waals surface area contributed by atoms with Gasteiger partial charge in [0.1, 0.15) is 22.9 Å². The topological polar surface area (TPSA) is 61.6 Å². The summed E-state index contributed by atoms with van der Waals surface area (Å²) in [5.74, 6) is 1.29. The third-order valence-electron chi connectivity index (χ3n) is 3.06. The predicted molar refractivity (Wildman–Crippen MR) is 84.9 cm³/mol. The number of nitrogens with zero attached hydrogens (tertiary/aromatic N) is 3. The Bertz CT molecular complexity index is 711. The van der Waals surface area contributed by atoms with E-state index in [-0.39, 0.29) is 5.41 Å². The van der Waals surface area contributed by atoms with Crippen LogP contribution in [0.5, 0.6) is 0 Å². The van der Waals surface area contributed by atoms with Gasteiger partial charge in [-0.15, -0.1) is 0 Å². The van der Waals surface area contributed by atoms with E-state index in [1.807, 2.05) is 45.9 Å². The van der Waals surface area contributed by atoms with Crippen molar-refractivity contribution < 1.29 is 0 Å². The second-order valence-electron chi connectivity index (χ2n) is 5.84. The van der Waals surface area contributed by atoms with Crippen molar-refractivity contribution in [1.82, 2.24) is 9.97 Å². The third kappa shape index (κ3) is 3.32.